The first kappa shape index (κ1) is 25.7. The Balaban J connectivity index is 1.49. The molecule has 2 heterocycles. The van der Waals surface area contributed by atoms with Gasteiger partial charge in [-0.3, -0.25) is 9.69 Å². The Bertz CT molecular complexity index is 972. The molecule has 1 amide bonds. The lowest BCUT2D eigenvalue weighted by Crippen LogP contribution is -2.55. The Labute approximate surface area is 210 Å². The van der Waals surface area contributed by atoms with Crippen LogP contribution >= 0.6 is 0 Å². The molecule has 2 aliphatic heterocycles. The number of methoxy groups -OCH3 is 1. The van der Waals surface area contributed by atoms with Crippen LogP contribution in [0.2, 0.25) is 0 Å². The summed E-state index contributed by atoms with van der Waals surface area (Å²) in [6.45, 7) is 11.3. The smallest absolute Gasteiger partial charge is 0.249 e. The van der Waals surface area contributed by atoms with E-state index in [1.54, 1.807) is 7.11 Å². The van der Waals surface area contributed by atoms with E-state index in [1.165, 1.54) is 11.1 Å². The first-order chi connectivity index (χ1) is 16.8. The third-order valence-electron chi connectivity index (χ3n) is 7.14. The van der Waals surface area contributed by atoms with Crippen molar-refractivity contribution in [3.8, 4) is 5.75 Å². The number of morpholine rings is 1. The highest BCUT2D eigenvalue weighted by Crippen LogP contribution is 2.31. The number of nitrogens with zero attached hydrogens (tertiary/aromatic N) is 2. The zero-order chi connectivity index (χ0) is 24.8. The lowest BCUT2D eigenvalue weighted by atomic mass is 9.86. The van der Waals surface area contributed by atoms with Gasteiger partial charge in [-0.05, 0) is 35.4 Å². The van der Waals surface area contributed by atoms with Crippen molar-refractivity contribution in [1.29, 1.82) is 0 Å². The molecule has 2 saturated heterocycles. The SMILES string of the molecule is COCCN1C(=O)CO[C@H]2CCN(Cc3cc(C(C)(C)C)ccc3OCc3ccccc3)CC[C@@H]21. The topological polar surface area (TPSA) is 51.2 Å². The summed E-state index contributed by atoms with van der Waals surface area (Å²) in [4.78, 5) is 17.0. The van der Waals surface area contributed by atoms with E-state index in [0.717, 1.165) is 43.8 Å². The third-order valence-corrected chi connectivity index (χ3v) is 7.14. The lowest BCUT2D eigenvalue weighted by Gasteiger charge is -2.40. The fraction of sp³-hybridized carbons (Fsp3) is 0.552. The Kier molecular flexibility index (Phi) is 8.47. The van der Waals surface area contributed by atoms with Crippen LogP contribution in [0.15, 0.2) is 48.5 Å². The predicted molar refractivity (Wildman–Crippen MR) is 138 cm³/mol. The van der Waals surface area contributed by atoms with Crippen LogP contribution in [0, 0.1) is 0 Å². The molecule has 4 rings (SSSR count). The number of hydrogen-bond acceptors (Lipinski definition) is 5. The summed E-state index contributed by atoms with van der Waals surface area (Å²) >= 11 is 0. The van der Waals surface area contributed by atoms with Crippen molar-refractivity contribution >= 4 is 5.91 Å². The number of fused-ring (bicyclic) bond motifs is 1. The minimum absolute atomic E-state index is 0.0660. The molecular formula is C29H40N2O4. The molecule has 6 heteroatoms. The van der Waals surface area contributed by atoms with Gasteiger partial charge in [-0.25, -0.2) is 0 Å². The summed E-state index contributed by atoms with van der Waals surface area (Å²) in [6.07, 6.45) is 1.91. The van der Waals surface area contributed by atoms with Crippen LogP contribution in [-0.2, 0) is 32.8 Å². The minimum atomic E-state index is 0.0660. The first-order valence-electron chi connectivity index (χ1n) is 12.8. The molecule has 0 radical (unpaired) electrons. The molecular weight excluding hydrogens is 440 g/mol. The molecule has 0 aromatic heterocycles. The number of ether oxygens (including phenoxy) is 3. The van der Waals surface area contributed by atoms with Gasteiger partial charge in [0, 0.05) is 38.9 Å². The summed E-state index contributed by atoms with van der Waals surface area (Å²) in [5.41, 5.74) is 3.75. The average molecular weight is 481 g/mol. The molecule has 0 spiro atoms. The number of carbonyl (C=O) groups is 1. The van der Waals surface area contributed by atoms with Gasteiger partial charge < -0.3 is 19.1 Å². The lowest BCUT2D eigenvalue weighted by molar-refractivity contribution is -0.158. The highest BCUT2D eigenvalue weighted by molar-refractivity contribution is 5.78. The third kappa shape index (κ3) is 6.63. The monoisotopic (exact) mass is 480 g/mol. The molecule has 2 aliphatic rings. The molecule has 190 valence electrons. The van der Waals surface area contributed by atoms with Crippen molar-refractivity contribution in [1.82, 2.24) is 9.80 Å². The Morgan fingerprint density at radius 2 is 1.83 bits per heavy atom. The molecule has 0 N–H and O–H groups in total. The summed E-state index contributed by atoms with van der Waals surface area (Å²) in [6, 6.07) is 17.0. The second kappa shape index (κ2) is 11.5. The second-order valence-electron chi connectivity index (χ2n) is 10.7. The molecule has 6 nitrogen and oxygen atoms in total. The maximum Gasteiger partial charge on any atom is 0.249 e. The van der Waals surface area contributed by atoms with Crippen molar-refractivity contribution in [3.63, 3.8) is 0 Å². The van der Waals surface area contributed by atoms with Crippen LogP contribution in [0.1, 0.15) is 50.3 Å². The van der Waals surface area contributed by atoms with E-state index in [-0.39, 0.29) is 30.1 Å². The van der Waals surface area contributed by atoms with Gasteiger partial charge in [0.25, 0.3) is 0 Å². The Morgan fingerprint density at radius 3 is 2.57 bits per heavy atom. The van der Waals surface area contributed by atoms with Gasteiger partial charge in [0.1, 0.15) is 19.0 Å². The standard InChI is InChI=1S/C29H40N2O4/c1-29(2,3)24-10-11-26(34-20-22-8-6-5-7-9-22)23(18-24)19-30-14-12-25-27(13-15-30)35-21-28(32)31(25)16-17-33-4/h5-11,18,25,27H,12-17,19-21H2,1-4H3/t25-,27-/m0/s1. The summed E-state index contributed by atoms with van der Waals surface area (Å²) in [5, 5.41) is 0. The van der Waals surface area contributed by atoms with Crippen LogP contribution in [0.5, 0.6) is 5.75 Å². The van der Waals surface area contributed by atoms with Crippen molar-refractivity contribution in [3.05, 3.63) is 65.2 Å². The quantitative estimate of drug-likeness (QED) is 0.561. The maximum absolute atomic E-state index is 12.5. The normalized spacial score (nSPS) is 21.5. The van der Waals surface area contributed by atoms with Crippen molar-refractivity contribution in [2.45, 2.75) is 64.3 Å². The highest BCUT2D eigenvalue weighted by atomic mass is 16.5. The molecule has 2 fully saturated rings. The van der Waals surface area contributed by atoms with Crippen LogP contribution in [0.25, 0.3) is 0 Å². The van der Waals surface area contributed by atoms with E-state index in [1.807, 2.05) is 23.1 Å². The minimum Gasteiger partial charge on any atom is -0.489 e. The van der Waals surface area contributed by atoms with Gasteiger partial charge >= 0.3 is 0 Å². The molecule has 0 bridgehead atoms. The summed E-state index contributed by atoms with van der Waals surface area (Å²) in [5.74, 6) is 1.02. The predicted octanol–water partition coefficient (Wildman–Crippen LogP) is 4.40. The Morgan fingerprint density at radius 1 is 1.06 bits per heavy atom. The zero-order valence-corrected chi connectivity index (χ0v) is 21.7. The summed E-state index contributed by atoms with van der Waals surface area (Å²) in [7, 11) is 1.68. The zero-order valence-electron chi connectivity index (χ0n) is 21.7. The fourth-order valence-electron chi connectivity index (χ4n) is 5.04. The van der Waals surface area contributed by atoms with E-state index in [2.05, 4.69) is 56.0 Å². The van der Waals surface area contributed by atoms with Gasteiger partial charge in [0.15, 0.2) is 0 Å². The van der Waals surface area contributed by atoms with E-state index in [4.69, 9.17) is 14.2 Å². The van der Waals surface area contributed by atoms with Crippen LogP contribution in [-0.4, -0.2) is 67.8 Å². The number of carbonyl (C=O) groups excluding carboxylic acids is 1. The molecule has 0 unspecified atom stereocenters. The molecule has 2 atom stereocenters. The number of benzene rings is 2. The fourth-order valence-corrected chi connectivity index (χ4v) is 5.04. The van der Waals surface area contributed by atoms with Crippen LogP contribution in [0.3, 0.4) is 0 Å². The average Bonchev–Trinajstić information content (AvgIpc) is 3.05. The largest absolute Gasteiger partial charge is 0.489 e. The van der Waals surface area contributed by atoms with Crippen LogP contribution in [0.4, 0.5) is 0 Å². The van der Waals surface area contributed by atoms with E-state index >= 15 is 0 Å². The number of amides is 1. The van der Waals surface area contributed by atoms with E-state index in [9.17, 15) is 4.79 Å². The van der Waals surface area contributed by atoms with Gasteiger partial charge in [-0.2, -0.15) is 0 Å². The number of rotatable bonds is 8. The van der Waals surface area contributed by atoms with Crippen molar-refractivity contribution < 1.29 is 19.0 Å². The van der Waals surface area contributed by atoms with Crippen LogP contribution < -0.4 is 4.74 Å². The van der Waals surface area contributed by atoms with Gasteiger partial charge in [-0.1, -0.05) is 63.2 Å². The first-order valence-corrected chi connectivity index (χ1v) is 12.8. The highest BCUT2D eigenvalue weighted by Gasteiger charge is 2.38. The molecule has 2 aromatic rings. The van der Waals surface area contributed by atoms with Gasteiger partial charge in [0.05, 0.1) is 18.8 Å². The number of hydrogen-bond donors (Lipinski definition) is 0. The molecule has 35 heavy (non-hydrogen) atoms. The molecule has 0 saturated carbocycles. The second-order valence-corrected chi connectivity index (χ2v) is 10.7. The van der Waals surface area contributed by atoms with Crippen molar-refractivity contribution in [2.24, 2.45) is 0 Å². The van der Waals surface area contributed by atoms with Gasteiger partial charge in [-0.15, -0.1) is 0 Å². The van der Waals surface area contributed by atoms with Crippen molar-refractivity contribution in [2.75, 3.05) is 40.0 Å². The van der Waals surface area contributed by atoms with E-state index in [0.29, 0.717) is 19.8 Å². The Hall–Kier alpha value is -2.41. The molecule has 2 aromatic carbocycles. The maximum atomic E-state index is 12.5. The summed E-state index contributed by atoms with van der Waals surface area (Å²) < 4.78 is 17.5. The van der Waals surface area contributed by atoms with E-state index < -0.39 is 0 Å². The van der Waals surface area contributed by atoms with Gasteiger partial charge in [0.2, 0.25) is 5.91 Å². The number of likely N-dealkylation sites (tertiary alicyclic amines) is 1. The molecule has 0 aliphatic carbocycles.